The smallest absolute Gasteiger partial charge is 0.165 e. The number of benzene rings is 2. The summed E-state index contributed by atoms with van der Waals surface area (Å²) in [7, 11) is 1.65. The van der Waals surface area contributed by atoms with E-state index in [1.165, 1.54) is 0 Å². The summed E-state index contributed by atoms with van der Waals surface area (Å²) < 4.78 is 12.3. The predicted octanol–water partition coefficient (Wildman–Crippen LogP) is 6.28. The van der Waals surface area contributed by atoms with Crippen LogP contribution in [0.4, 0.5) is 0 Å². The number of hydrogen-bond donors (Lipinski definition) is 3. The van der Waals surface area contributed by atoms with E-state index in [-0.39, 0.29) is 34.5 Å². The quantitative estimate of drug-likeness (QED) is 0.348. The van der Waals surface area contributed by atoms with E-state index in [4.69, 9.17) is 9.47 Å². The van der Waals surface area contributed by atoms with Crippen LogP contribution in [0.15, 0.2) is 35.9 Å². The molecule has 1 heterocycles. The first-order chi connectivity index (χ1) is 16.4. The monoisotopic (exact) mass is 478 g/mol. The van der Waals surface area contributed by atoms with E-state index in [1.807, 2.05) is 38.1 Å². The molecule has 3 unspecified atom stereocenters. The summed E-state index contributed by atoms with van der Waals surface area (Å²) in [5.74, 6) is 1.81. The van der Waals surface area contributed by atoms with Gasteiger partial charge < -0.3 is 24.8 Å². The van der Waals surface area contributed by atoms with Crippen LogP contribution in [0.1, 0.15) is 69.7 Å². The molecule has 5 nitrogen and oxygen atoms in total. The minimum Gasteiger partial charge on any atom is -0.507 e. The molecule has 3 N–H and O–H groups in total. The maximum Gasteiger partial charge on any atom is 0.165 e. The minimum absolute atomic E-state index is 0.0796. The predicted molar refractivity (Wildman–Crippen MR) is 140 cm³/mol. The number of ether oxygens (including phenoxy) is 2. The number of allylic oxidation sites excluding steroid dienone is 2. The van der Waals surface area contributed by atoms with Gasteiger partial charge in [0.15, 0.2) is 11.5 Å². The normalized spacial score (nSPS) is 24.9. The van der Waals surface area contributed by atoms with Crippen molar-refractivity contribution in [3.63, 3.8) is 0 Å². The zero-order valence-electron chi connectivity index (χ0n) is 21.7. The molecule has 2 aromatic rings. The van der Waals surface area contributed by atoms with Crippen molar-refractivity contribution in [3.8, 4) is 23.0 Å². The first-order valence-corrected chi connectivity index (χ1v) is 12.4. The van der Waals surface area contributed by atoms with Gasteiger partial charge in [0.1, 0.15) is 17.1 Å². The molecule has 0 amide bonds. The molecule has 2 aliphatic rings. The molecule has 1 fully saturated rings. The maximum atomic E-state index is 10.7. The standard InChI is InChI=1S/C30H38O5/c1-18(2)7-10-22-23(31)14-20(15-24(22)32)9-8-19-13-21-17-26-29(3,4)27(33)11-12-30(26,5)35-28(21)25(16-19)34-6/h7-9,13-16,26-27,31-33H,10-12,17H2,1-6H3. The number of phenolic OH excluding ortho intramolecular Hbond substituents is 2. The second-order valence-corrected chi connectivity index (χ2v) is 11.1. The summed E-state index contributed by atoms with van der Waals surface area (Å²) in [4.78, 5) is 0. The highest BCUT2D eigenvalue weighted by Crippen LogP contribution is 2.55. The average molecular weight is 479 g/mol. The van der Waals surface area contributed by atoms with Gasteiger partial charge in [0, 0.05) is 11.5 Å². The van der Waals surface area contributed by atoms with E-state index in [9.17, 15) is 15.3 Å². The van der Waals surface area contributed by atoms with Gasteiger partial charge in [0.25, 0.3) is 0 Å². The third kappa shape index (κ3) is 4.79. The van der Waals surface area contributed by atoms with Crippen LogP contribution in [0.2, 0.25) is 0 Å². The zero-order chi connectivity index (χ0) is 25.5. The van der Waals surface area contributed by atoms with Crippen molar-refractivity contribution in [2.24, 2.45) is 11.3 Å². The lowest BCUT2D eigenvalue weighted by Gasteiger charge is -2.55. The van der Waals surface area contributed by atoms with Crippen LogP contribution in [0.25, 0.3) is 12.2 Å². The molecule has 2 aromatic carbocycles. The van der Waals surface area contributed by atoms with E-state index in [1.54, 1.807) is 19.2 Å². The number of phenols is 2. The van der Waals surface area contributed by atoms with E-state index in [0.717, 1.165) is 41.7 Å². The van der Waals surface area contributed by atoms with E-state index in [0.29, 0.717) is 23.3 Å². The van der Waals surface area contributed by atoms with Gasteiger partial charge in [-0.25, -0.2) is 0 Å². The van der Waals surface area contributed by atoms with E-state index < -0.39 is 0 Å². The van der Waals surface area contributed by atoms with Crippen LogP contribution in [-0.2, 0) is 12.8 Å². The molecule has 0 bridgehead atoms. The molecule has 1 aliphatic heterocycles. The van der Waals surface area contributed by atoms with Crippen molar-refractivity contribution >= 4 is 12.2 Å². The fraction of sp³-hybridized carbons (Fsp3) is 0.467. The van der Waals surface area contributed by atoms with Gasteiger partial charge >= 0.3 is 0 Å². The maximum absolute atomic E-state index is 10.7. The molecular formula is C30H38O5. The van der Waals surface area contributed by atoms with Crippen molar-refractivity contribution in [3.05, 3.63) is 58.2 Å². The van der Waals surface area contributed by atoms with E-state index in [2.05, 4.69) is 26.8 Å². The van der Waals surface area contributed by atoms with Gasteiger partial charge in [-0.3, -0.25) is 0 Å². The van der Waals surface area contributed by atoms with Crippen LogP contribution in [-0.4, -0.2) is 34.1 Å². The molecule has 188 valence electrons. The number of rotatable bonds is 5. The van der Waals surface area contributed by atoms with Gasteiger partial charge in [-0.1, -0.05) is 37.6 Å². The number of aromatic hydroxyl groups is 2. The molecule has 0 spiro atoms. The SMILES string of the molecule is COc1cc(C=Cc2cc(O)c(CC=C(C)C)c(O)c2)cc2c1OC1(C)CCC(O)C(C)(C)C1C2. The molecule has 0 aromatic heterocycles. The molecule has 0 radical (unpaired) electrons. The second kappa shape index (κ2) is 9.27. The molecule has 0 saturated heterocycles. The van der Waals surface area contributed by atoms with Gasteiger partial charge in [0.05, 0.1) is 13.2 Å². The Morgan fingerprint density at radius 2 is 1.69 bits per heavy atom. The lowest BCUT2D eigenvalue weighted by Crippen LogP contribution is -2.58. The lowest BCUT2D eigenvalue weighted by molar-refractivity contribution is -0.138. The van der Waals surface area contributed by atoms with Crippen molar-refractivity contribution in [1.82, 2.24) is 0 Å². The molecular weight excluding hydrogens is 440 g/mol. The van der Waals surface area contributed by atoms with Crippen molar-refractivity contribution < 1.29 is 24.8 Å². The summed E-state index contributed by atoms with van der Waals surface area (Å²) in [6, 6.07) is 7.39. The Balaban J connectivity index is 1.65. The van der Waals surface area contributed by atoms with Gasteiger partial charge in [-0.05, 0) is 92.8 Å². The van der Waals surface area contributed by atoms with Crippen molar-refractivity contribution in [2.45, 2.75) is 72.0 Å². The summed E-state index contributed by atoms with van der Waals surface area (Å²) >= 11 is 0. The number of aliphatic hydroxyl groups is 1. The van der Waals surface area contributed by atoms with Crippen LogP contribution in [0, 0.1) is 11.3 Å². The topological polar surface area (TPSA) is 79.2 Å². The first-order valence-electron chi connectivity index (χ1n) is 12.4. The van der Waals surface area contributed by atoms with Gasteiger partial charge in [0.2, 0.25) is 0 Å². The molecule has 35 heavy (non-hydrogen) atoms. The van der Waals surface area contributed by atoms with Crippen LogP contribution < -0.4 is 9.47 Å². The summed E-state index contributed by atoms with van der Waals surface area (Å²) in [5, 5.41) is 31.6. The number of hydrogen-bond acceptors (Lipinski definition) is 5. The fourth-order valence-corrected chi connectivity index (χ4v) is 5.71. The minimum atomic E-state index is -0.351. The van der Waals surface area contributed by atoms with Crippen LogP contribution in [0.5, 0.6) is 23.0 Å². The number of methoxy groups -OCH3 is 1. The van der Waals surface area contributed by atoms with Crippen LogP contribution >= 0.6 is 0 Å². The van der Waals surface area contributed by atoms with Crippen molar-refractivity contribution in [2.75, 3.05) is 7.11 Å². The Kier molecular flexibility index (Phi) is 6.67. The molecule has 1 aliphatic carbocycles. The Bertz CT molecular complexity index is 1150. The Morgan fingerprint density at radius 3 is 2.29 bits per heavy atom. The summed E-state index contributed by atoms with van der Waals surface area (Å²) in [6.45, 7) is 10.4. The molecule has 4 rings (SSSR count). The third-order valence-electron chi connectivity index (χ3n) is 7.95. The fourth-order valence-electron chi connectivity index (χ4n) is 5.71. The highest BCUT2D eigenvalue weighted by atomic mass is 16.5. The summed E-state index contributed by atoms with van der Waals surface area (Å²) in [5.41, 5.74) is 3.76. The number of aliphatic hydroxyl groups excluding tert-OH is 1. The largest absolute Gasteiger partial charge is 0.507 e. The highest BCUT2D eigenvalue weighted by Gasteiger charge is 2.54. The number of fused-ring (bicyclic) bond motifs is 2. The average Bonchev–Trinajstić information content (AvgIpc) is 2.78. The first kappa shape index (κ1) is 25.2. The van der Waals surface area contributed by atoms with Crippen molar-refractivity contribution in [1.29, 1.82) is 0 Å². The van der Waals surface area contributed by atoms with Gasteiger partial charge in [-0.2, -0.15) is 0 Å². The Labute approximate surface area is 208 Å². The molecule has 1 saturated carbocycles. The van der Waals surface area contributed by atoms with Crippen LogP contribution in [0.3, 0.4) is 0 Å². The Hall–Kier alpha value is -2.92. The second-order valence-electron chi connectivity index (χ2n) is 11.1. The highest BCUT2D eigenvalue weighted by molar-refractivity contribution is 5.73. The molecule has 5 heteroatoms. The van der Waals surface area contributed by atoms with Gasteiger partial charge in [-0.15, -0.1) is 0 Å². The third-order valence-corrected chi connectivity index (χ3v) is 7.95. The lowest BCUT2D eigenvalue weighted by atomic mass is 9.57. The Morgan fingerprint density at radius 1 is 1.06 bits per heavy atom. The summed E-state index contributed by atoms with van der Waals surface area (Å²) in [6.07, 6.45) is 8.26. The molecule has 3 atom stereocenters. The zero-order valence-corrected chi connectivity index (χ0v) is 21.7. The van der Waals surface area contributed by atoms with E-state index >= 15 is 0 Å².